The Hall–Kier alpha value is -1.06. The third-order valence-electron chi connectivity index (χ3n) is 3.72. The number of hydrogen-bond donors (Lipinski definition) is 1. The minimum absolute atomic E-state index is 0.173. The van der Waals surface area contributed by atoms with Gasteiger partial charge in [0.05, 0.1) is 5.41 Å². The lowest BCUT2D eigenvalue weighted by Gasteiger charge is -2.23. The molecule has 1 atom stereocenters. The molecule has 2 rings (SSSR count). The minimum atomic E-state index is -0.754. The van der Waals surface area contributed by atoms with E-state index in [4.69, 9.17) is 0 Å². The molecule has 1 amide bonds. The predicted molar refractivity (Wildman–Crippen MR) is 54.3 cm³/mol. The van der Waals surface area contributed by atoms with Gasteiger partial charge in [0, 0.05) is 19.0 Å². The standard InChI is InChI=1S/C11H17NO3/c1-2-11(10(14)15)5-6-12(7-11)9(13)8-3-4-8/h8H,2-7H2,1H3,(H,14,15). The molecule has 1 saturated heterocycles. The van der Waals surface area contributed by atoms with Crippen molar-refractivity contribution in [3.63, 3.8) is 0 Å². The Labute approximate surface area is 89.3 Å². The summed E-state index contributed by atoms with van der Waals surface area (Å²) in [7, 11) is 0. The summed E-state index contributed by atoms with van der Waals surface area (Å²) in [5.41, 5.74) is -0.676. The fourth-order valence-corrected chi connectivity index (χ4v) is 2.26. The number of carbonyl (C=O) groups excluding carboxylic acids is 1. The van der Waals surface area contributed by atoms with Gasteiger partial charge >= 0.3 is 5.97 Å². The first-order valence-corrected chi connectivity index (χ1v) is 5.61. The number of likely N-dealkylation sites (tertiary alicyclic amines) is 1. The molecular weight excluding hydrogens is 194 g/mol. The summed E-state index contributed by atoms with van der Waals surface area (Å²) in [6.07, 6.45) is 3.19. The maximum atomic E-state index is 11.8. The average Bonchev–Trinajstić information content (AvgIpc) is 2.96. The van der Waals surface area contributed by atoms with Crippen LogP contribution in [0.15, 0.2) is 0 Å². The van der Waals surface area contributed by atoms with Crippen molar-refractivity contribution in [2.75, 3.05) is 13.1 Å². The van der Waals surface area contributed by atoms with E-state index in [0.29, 0.717) is 25.9 Å². The second-order valence-corrected chi connectivity index (χ2v) is 4.72. The van der Waals surface area contributed by atoms with Crippen molar-refractivity contribution in [2.24, 2.45) is 11.3 Å². The molecule has 0 aromatic heterocycles. The van der Waals surface area contributed by atoms with Crippen LogP contribution in [0.1, 0.15) is 32.6 Å². The van der Waals surface area contributed by atoms with Crippen LogP contribution in [0.4, 0.5) is 0 Å². The monoisotopic (exact) mass is 211 g/mol. The molecule has 2 fully saturated rings. The van der Waals surface area contributed by atoms with Crippen LogP contribution in [0.3, 0.4) is 0 Å². The lowest BCUT2D eigenvalue weighted by Crippen LogP contribution is -2.37. The Morgan fingerprint density at radius 3 is 2.53 bits per heavy atom. The van der Waals surface area contributed by atoms with E-state index in [-0.39, 0.29) is 11.8 Å². The summed E-state index contributed by atoms with van der Waals surface area (Å²) in [5, 5.41) is 9.18. The van der Waals surface area contributed by atoms with E-state index in [0.717, 1.165) is 12.8 Å². The predicted octanol–water partition coefficient (Wildman–Crippen LogP) is 1.11. The number of amides is 1. The Morgan fingerprint density at radius 2 is 2.13 bits per heavy atom. The highest BCUT2D eigenvalue weighted by Crippen LogP contribution is 2.38. The first-order chi connectivity index (χ1) is 7.09. The maximum absolute atomic E-state index is 11.8. The maximum Gasteiger partial charge on any atom is 0.311 e. The van der Waals surface area contributed by atoms with Crippen molar-refractivity contribution >= 4 is 11.9 Å². The van der Waals surface area contributed by atoms with Crippen LogP contribution in [-0.4, -0.2) is 35.0 Å². The van der Waals surface area contributed by atoms with Gasteiger partial charge in [0.2, 0.25) is 5.91 Å². The Balaban J connectivity index is 2.03. The van der Waals surface area contributed by atoms with E-state index in [2.05, 4.69) is 0 Å². The summed E-state index contributed by atoms with van der Waals surface area (Å²) in [6.45, 7) is 2.92. The average molecular weight is 211 g/mol. The number of nitrogens with zero attached hydrogens (tertiary/aromatic N) is 1. The molecule has 0 aromatic rings. The summed E-state index contributed by atoms with van der Waals surface area (Å²) >= 11 is 0. The van der Waals surface area contributed by atoms with Crippen molar-refractivity contribution in [2.45, 2.75) is 32.6 Å². The van der Waals surface area contributed by atoms with Crippen LogP contribution in [0.25, 0.3) is 0 Å². The molecule has 0 aromatic carbocycles. The van der Waals surface area contributed by atoms with E-state index in [1.807, 2.05) is 6.92 Å². The largest absolute Gasteiger partial charge is 0.481 e. The third-order valence-corrected chi connectivity index (χ3v) is 3.72. The SMILES string of the molecule is CCC1(C(=O)O)CCN(C(=O)C2CC2)C1. The molecule has 1 aliphatic carbocycles. The first kappa shape index (κ1) is 10.5. The molecule has 0 bridgehead atoms. The van der Waals surface area contributed by atoms with Gasteiger partial charge in [0.1, 0.15) is 0 Å². The Morgan fingerprint density at radius 1 is 1.47 bits per heavy atom. The summed E-state index contributed by atoms with van der Waals surface area (Å²) in [6, 6.07) is 0. The molecule has 2 aliphatic rings. The van der Waals surface area contributed by atoms with E-state index < -0.39 is 11.4 Å². The van der Waals surface area contributed by atoms with Crippen LogP contribution >= 0.6 is 0 Å². The summed E-state index contributed by atoms with van der Waals surface area (Å²) in [5.74, 6) is -0.380. The van der Waals surface area contributed by atoms with Gasteiger partial charge in [-0.25, -0.2) is 0 Å². The number of rotatable bonds is 3. The van der Waals surface area contributed by atoms with Gasteiger partial charge in [-0.15, -0.1) is 0 Å². The molecule has 0 spiro atoms. The summed E-state index contributed by atoms with van der Waals surface area (Å²) < 4.78 is 0. The molecule has 84 valence electrons. The number of carboxylic acid groups (broad SMARTS) is 1. The third kappa shape index (κ3) is 1.73. The number of carboxylic acids is 1. The van der Waals surface area contributed by atoms with E-state index in [9.17, 15) is 14.7 Å². The molecule has 4 heteroatoms. The lowest BCUT2D eigenvalue weighted by atomic mass is 9.84. The Kier molecular flexibility index (Phi) is 2.44. The smallest absolute Gasteiger partial charge is 0.311 e. The number of hydrogen-bond acceptors (Lipinski definition) is 2. The fourth-order valence-electron chi connectivity index (χ4n) is 2.26. The van der Waals surface area contributed by atoms with E-state index in [1.54, 1.807) is 4.90 Å². The van der Waals surface area contributed by atoms with Gasteiger partial charge in [-0.1, -0.05) is 6.92 Å². The second-order valence-electron chi connectivity index (χ2n) is 4.72. The van der Waals surface area contributed by atoms with Gasteiger partial charge in [-0.05, 0) is 25.7 Å². The highest BCUT2D eigenvalue weighted by molar-refractivity contribution is 5.83. The van der Waals surface area contributed by atoms with Crippen molar-refractivity contribution in [1.82, 2.24) is 4.90 Å². The molecule has 1 heterocycles. The topological polar surface area (TPSA) is 57.6 Å². The van der Waals surface area contributed by atoms with Crippen molar-refractivity contribution in [3.05, 3.63) is 0 Å². The first-order valence-electron chi connectivity index (χ1n) is 5.61. The van der Waals surface area contributed by atoms with Gasteiger partial charge < -0.3 is 10.0 Å². The van der Waals surface area contributed by atoms with Gasteiger partial charge in [0.25, 0.3) is 0 Å². The Bertz CT molecular complexity index is 298. The number of aliphatic carboxylic acids is 1. The molecule has 1 saturated carbocycles. The molecule has 1 N–H and O–H groups in total. The summed E-state index contributed by atoms with van der Waals surface area (Å²) in [4.78, 5) is 24.7. The quantitative estimate of drug-likeness (QED) is 0.760. The number of carbonyl (C=O) groups is 2. The highest BCUT2D eigenvalue weighted by Gasteiger charge is 2.46. The highest BCUT2D eigenvalue weighted by atomic mass is 16.4. The molecule has 1 unspecified atom stereocenters. The second kappa shape index (κ2) is 3.51. The van der Waals surface area contributed by atoms with E-state index in [1.165, 1.54) is 0 Å². The minimum Gasteiger partial charge on any atom is -0.481 e. The zero-order chi connectivity index (χ0) is 11.1. The molecule has 0 radical (unpaired) electrons. The zero-order valence-corrected chi connectivity index (χ0v) is 9.03. The van der Waals surface area contributed by atoms with Gasteiger partial charge in [-0.3, -0.25) is 9.59 Å². The van der Waals surface area contributed by atoms with Crippen LogP contribution < -0.4 is 0 Å². The molecule has 1 aliphatic heterocycles. The molecular formula is C11H17NO3. The van der Waals surface area contributed by atoms with Crippen molar-refractivity contribution < 1.29 is 14.7 Å². The van der Waals surface area contributed by atoms with E-state index >= 15 is 0 Å². The fraction of sp³-hybridized carbons (Fsp3) is 0.818. The van der Waals surface area contributed by atoms with Crippen LogP contribution in [0, 0.1) is 11.3 Å². The van der Waals surface area contributed by atoms with Gasteiger partial charge in [0.15, 0.2) is 0 Å². The van der Waals surface area contributed by atoms with Crippen LogP contribution in [0.5, 0.6) is 0 Å². The lowest BCUT2D eigenvalue weighted by molar-refractivity contribution is -0.148. The normalized spacial score (nSPS) is 30.6. The van der Waals surface area contributed by atoms with Gasteiger partial charge in [-0.2, -0.15) is 0 Å². The van der Waals surface area contributed by atoms with Crippen molar-refractivity contribution in [3.8, 4) is 0 Å². The molecule has 4 nitrogen and oxygen atoms in total. The molecule has 15 heavy (non-hydrogen) atoms. The van der Waals surface area contributed by atoms with Crippen LogP contribution in [0.2, 0.25) is 0 Å². The zero-order valence-electron chi connectivity index (χ0n) is 9.03. The van der Waals surface area contributed by atoms with Crippen molar-refractivity contribution in [1.29, 1.82) is 0 Å². The van der Waals surface area contributed by atoms with Crippen LogP contribution in [-0.2, 0) is 9.59 Å².